The van der Waals surface area contributed by atoms with E-state index in [0.29, 0.717) is 17.6 Å². The molecule has 1 atom stereocenters. The van der Waals surface area contributed by atoms with Gasteiger partial charge in [-0.05, 0) is 48.6 Å². The Hall–Kier alpha value is -2.42. The molecule has 0 saturated heterocycles. The van der Waals surface area contributed by atoms with Crippen molar-refractivity contribution in [2.45, 2.75) is 25.8 Å². The summed E-state index contributed by atoms with van der Waals surface area (Å²) in [6, 6.07) is 13.3. The molecule has 0 aliphatic heterocycles. The molecule has 0 bridgehead atoms. The van der Waals surface area contributed by atoms with Gasteiger partial charge in [0.1, 0.15) is 0 Å². The first-order valence-electron chi connectivity index (χ1n) is 8.46. The second-order valence-electron chi connectivity index (χ2n) is 6.62. The van der Waals surface area contributed by atoms with Gasteiger partial charge in [-0.2, -0.15) is 0 Å². The van der Waals surface area contributed by atoms with Gasteiger partial charge in [-0.1, -0.05) is 24.3 Å². The zero-order valence-corrected chi connectivity index (χ0v) is 16.5. The third kappa shape index (κ3) is 2.90. The van der Waals surface area contributed by atoms with Crippen molar-refractivity contribution in [1.82, 2.24) is 9.13 Å². The van der Waals surface area contributed by atoms with E-state index in [2.05, 4.69) is 11.4 Å². The highest BCUT2D eigenvalue weighted by atomic mass is 32.2. The number of nitrogens with zero attached hydrogens (tertiary/aromatic N) is 2. The van der Waals surface area contributed by atoms with Crippen LogP contribution in [0.2, 0.25) is 0 Å². The number of primary sulfonamides is 1. The number of para-hydroxylation sites is 2. The number of sulfonamides is 1. The molecule has 8 heteroatoms. The monoisotopic (exact) mass is 401 g/mol. The van der Waals surface area contributed by atoms with Gasteiger partial charge >= 0.3 is 5.69 Å². The summed E-state index contributed by atoms with van der Waals surface area (Å²) in [5, 5.41) is 7.37. The summed E-state index contributed by atoms with van der Waals surface area (Å²) in [5.41, 5.74) is 3.05. The molecule has 0 aliphatic rings. The van der Waals surface area contributed by atoms with E-state index >= 15 is 0 Å². The maximum atomic E-state index is 13.1. The van der Waals surface area contributed by atoms with Crippen LogP contribution in [-0.4, -0.2) is 17.6 Å². The Labute approximate surface area is 160 Å². The van der Waals surface area contributed by atoms with Gasteiger partial charge in [0.05, 0.1) is 17.6 Å². The van der Waals surface area contributed by atoms with Crippen molar-refractivity contribution in [2.75, 3.05) is 0 Å². The maximum absolute atomic E-state index is 13.1. The first-order valence-corrected chi connectivity index (χ1v) is 10.9. The molecule has 0 saturated carbocycles. The number of fused-ring (bicyclic) bond motifs is 2. The predicted molar refractivity (Wildman–Crippen MR) is 110 cm³/mol. The Balaban J connectivity index is 1.95. The number of hydrogen-bond donors (Lipinski definition) is 1. The van der Waals surface area contributed by atoms with Gasteiger partial charge in [0, 0.05) is 10.1 Å². The SMILES string of the molecule is Cc1cccc2scc(Cn3c(=O)n(C(C)S(N)(=O)=O)c4ccccc43)c12. The van der Waals surface area contributed by atoms with Gasteiger partial charge < -0.3 is 0 Å². The lowest BCUT2D eigenvalue weighted by molar-refractivity contribution is 0.556. The highest BCUT2D eigenvalue weighted by Crippen LogP contribution is 2.30. The molecule has 2 aromatic carbocycles. The maximum Gasteiger partial charge on any atom is 0.330 e. The Kier molecular flexibility index (Phi) is 4.21. The van der Waals surface area contributed by atoms with E-state index in [-0.39, 0.29) is 5.69 Å². The van der Waals surface area contributed by atoms with Crippen molar-refractivity contribution >= 4 is 42.5 Å². The molecule has 0 spiro atoms. The molecule has 2 aromatic heterocycles. The molecule has 4 rings (SSSR count). The number of thiophene rings is 1. The van der Waals surface area contributed by atoms with Crippen molar-refractivity contribution in [2.24, 2.45) is 5.14 Å². The first kappa shape index (κ1) is 18.0. The summed E-state index contributed by atoms with van der Waals surface area (Å²) in [7, 11) is -3.91. The molecule has 2 N–H and O–H groups in total. The largest absolute Gasteiger partial charge is 0.330 e. The van der Waals surface area contributed by atoms with Crippen LogP contribution in [0.5, 0.6) is 0 Å². The number of hydrogen-bond acceptors (Lipinski definition) is 4. The molecule has 2 heterocycles. The number of aryl methyl sites for hydroxylation is 1. The van der Waals surface area contributed by atoms with E-state index in [1.807, 2.05) is 31.2 Å². The fourth-order valence-electron chi connectivity index (χ4n) is 3.51. The van der Waals surface area contributed by atoms with Crippen LogP contribution in [0.4, 0.5) is 0 Å². The topological polar surface area (TPSA) is 87.1 Å². The summed E-state index contributed by atoms with van der Waals surface area (Å²) in [5.74, 6) is 0. The van der Waals surface area contributed by atoms with Crippen molar-refractivity contribution in [1.29, 1.82) is 0 Å². The normalized spacial score (nSPS) is 13.4. The number of aromatic nitrogens is 2. The zero-order valence-electron chi connectivity index (χ0n) is 14.9. The first-order chi connectivity index (χ1) is 12.8. The fourth-order valence-corrected chi connectivity index (χ4v) is 5.04. The quantitative estimate of drug-likeness (QED) is 0.570. The molecule has 0 radical (unpaired) electrons. The van der Waals surface area contributed by atoms with Crippen molar-refractivity contribution in [3.63, 3.8) is 0 Å². The van der Waals surface area contributed by atoms with Crippen molar-refractivity contribution < 1.29 is 8.42 Å². The number of rotatable bonds is 4. The van der Waals surface area contributed by atoms with Gasteiger partial charge in [0.2, 0.25) is 10.0 Å². The van der Waals surface area contributed by atoms with E-state index in [1.165, 1.54) is 16.2 Å². The lowest BCUT2D eigenvalue weighted by atomic mass is 10.1. The van der Waals surface area contributed by atoms with Gasteiger partial charge in [-0.25, -0.2) is 18.4 Å². The van der Waals surface area contributed by atoms with E-state index in [9.17, 15) is 13.2 Å². The predicted octanol–water partition coefficient (Wildman–Crippen LogP) is 3.18. The van der Waals surface area contributed by atoms with Crippen molar-refractivity contribution in [3.05, 3.63) is 69.5 Å². The van der Waals surface area contributed by atoms with E-state index in [1.54, 1.807) is 28.0 Å². The summed E-state index contributed by atoms with van der Waals surface area (Å²) >= 11 is 1.64. The lowest BCUT2D eigenvalue weighted by Gasteiger charge is -2.10. The van der Waals surface area contributed by atoms with Crippen LogP contribution < -0.4 is 10.8 Å². The molecular formula is C19H19N3O3S2. The van der Waals surface area contributed by atoms with Crippen molar-refractivity contribution in [3.8, 4) is 0 Å². The standard InChI is InChI=1S/C19H19N3O3S2/c1-12-6-5-9-17-18(12)14(11-26-17)10-21-15-7-3-4-8-16(15)22(19(21)23)13(2)27(20,24)25/h3-9,11,13H,10H2,1-2H3,(H2,20,24,25). The molecule has 4 aromatic rings. The second-order valence-corrected chi connectivity index (χ2v) is 9.40. The Morgan fingerprint density at radius 2 is 1.81 bits per heavy atom. The van der Waals surface area contributed by atoms with E-state index in [4.69, 9.17) is 5.14 Å². The van der Waals surface area contributed by atoms with Crippen LogP contribution in [0.25, 0.3) is 21.1 Å². The number of imidazole rings is 1. The Morgan fingerprint density at radius 3 is 2.52 bits per heavy atom. The molecular weight excluding hydrogens is 382 g/mol. The average molecular weight is 402 g/mol. The van der Waals surface area contributed by atoms with Crippen LogP contribution in [0.3, 0.4) is 0 Å². The number of nitrogens with two attached hydrogens (primary N) is 1. The Morgan fingerprint density at radius 1 is 1.11 bits per heavy atom. The lowest BCUT2D eigenvalue weighted by Crippen LogP contribution is -2.33. The van der Waals surface area contributed by atoms with E-state index in [0.717, 1.165) is 16.5 Å². The van der Waals surface area contributed by atoms with Crippen LogP contribution in [-0.2, 0) is 16.6 Å². The molecule has 140 valence electrons. The van der Waals surface area contributed by atoms with Gasteiger partial charge in [-0.3, -0.25) is 9.13 Å². The minimum absolute atomic E-state index is 0.370. The third-order valence-corrected chi connectivity index (χ3v) is 7.08. The molecule has 1 unspecified atom stereocenters. The van der Waals surface area contributed by atoms with Crippen LogP contribution in [0.15, 0.2) is 52.6 Å². The summed E-state index contributed by atoms with van der Waals surface area (Å²) in [4.78, 5) is 13.1. The van der Waals surface area contributed by atoms with Gasteiger partial charge in [0.15, 0.2) is 5.37 Å². The molecule has 0 fully saturated rings. The van der Waals surface area contributed by atoms with Crippen LogP contribution in [0.1, 0.15) is 23.4 Å². The van der Waals surface area contributed by atoms with Crippen LogP contribution >= 0.6 is 11.3 Å². The summed E-state index contributed by atoms with van der Waals surface area (Å²) < 4.78 is 27.8. The van der Waals surface area contributed by atoms with Crippen LogP contribution in [0, 0.1) is 6.92 Å². The number of benzene rings is 2. The molecule has 6 nitrogen and oxygen atoms in total. The second kappa shape index (κ2) is 6.33. The average Bonchev–Trinajstić information content (AvgIpc) is 3.15. The summed E-state index contributed by atoms with van der Waals surface area (Å²) in [6.45, 7) is 3.85. The smallest absolute Gasteiger partial charge is 0.287 e. The summed E-state index contributed by atoms with van der Waals surface area (Å²) in [6.07, 6.45) is 0. The van der Waals surface area contributed by atoms with Gasteiger partial charge in [-0.15, -0.1) is 11.3 Å². The highest BCUT2D eigenvalue weighted by Gasteiger charge is 2.25. The molecule has 0 amide bonds. The van der Waals surface area contributed by atoms with E-state index < -0.39 is 15.4 Å². The minimum Gasteiger partial charge on any atom is -0.287 e. The zero-order chi connectivity index (χ0) is 19.3. The minimum atomic E-state index is -3.91. The molecule has 0 aliphatic carbocycles. The van der Waals surface area contributed by atoms with Gasteiger partial charge in [0.25, 0.3) is 0 Å². The molecule has 27 heavy (non-hydrogen) atoms. The highest BCUT2D eigenvalue weighted by molar-refractivity contribution is 7.89. The third-order valence-electron chi connectivity index (χ3n) is 4.92. The Bertz CT molecular complexity index is 1330. The fraction of sp³-hybridized carbons (Fsp3) is 0.211.